The van der Waals surface area contributed by atoms with Crippen LogP contribution in [0.15, 0.2) is 30.3 Å². The molecule has 0 N–H and O–H groups in total. The summed E-state index contributed by atoms with van der Waals surface area (Å²) in [6.07, 6.45) is 0. The van der Waals surface area contributed by atoms with Crippen LogP contribution in [0.25, 0.3) is 0 Å². The van der Waals surface area contributed by atoms with Crippen LogP contribution >= 0.6 is 0 Å². The molecule has 0 heterocycles. The van der Waals surface area contributed by atoms with E-state index < -0.39 is 0 Å². The Bertz CT molecular complexity index is 319. The van der Waals surface area contributed by atoms with E-state index in [-0.39, 0.29) is 19.6 Å². The predicted molar refractivity (Wildman–Crippen MR) is 49.8 cm³/mol. The summed E-state index contributed by atoms with van der Waals surface area (Å²) in [5.74, 6) is 2.93. The van der Waals surface area contributed by atoms with Gasteiger partial charge in [0.1, 0.15) is 0 Å². The number of carbonyl (C=O) groups excluding carboxylic acids is 1. The molecule has 1 aromatic rings. The molecule has 0 saturated heterocycles. The first-order valence-corrected chi connectivity index (χ1v) is 5.24. The van der Waals surface area contributed by atoms with Crippen LogP contribution in [-0.4, -0.2) is 19.6 Å². The molecule has 1 rings (SSSR count). The standard InChI is InChI=1S/C10H8OSe/c1-9(11)12-8-7-10-5-3-2-4-6-10/h2-6H,1H3. The van der Waals surface area contributed by atoms with Gasteiger partial charge in [0.25, 0.3) is 0 Å². The Hall–Kier alpha value is -1.03. The predicted octanol–water partition coefficient (Wildman–Crippen LogP) is 1.25. The Labute approximate surface area is 78.3 Å². The minimum absolute atomic E-state index is 0.171. The molecule has 0 atom stereocenters. The third-order valence-electron chi connectivity index (χ3n) is 1.16. The Kier molecular flexibility index (Phi) is 3.60. The summed E-state index contributed by atoms with van der Waals surface area (Å²) in [6, 6.07) is 9.68. The Morgan fingerprint density at radius 1 is 1.33 bits per heavy atom. The number of hydrogen-bond donors (Lipinski definition) is 0. The number of carbonyl (C=O) groups is 1. The molecule has 12 heavy (non-hydrogen) atoms. The SMILES string of the molecule is CC(=O)[Se]C#Cc1ccccc1. The van der Waals surface area contributed by atoms with Gasteiger partial charge in [-0.1, -0.05) is 0 Å². The van der Waals surface area contributed by atoms with Crippen molar-refractivity contribution in [3.8, 4) is 10.7 Å². The Morgan fingerprint density at radius 3 is 2.58 bits per heavy atom. The van der Waals surface area contributed by atoms with Gasteiger partial charge in [0.05, 0.1) is 0 Å². The zero-order chi connectivity index (χ0) is 8.81. The summed E-state index contributed by atoms with van der Waals surface area (Å²) in [5.41, 5.74) is 0.973. The molecule has 0 fully saturated rings. The fourth-order valence-electron chi connectivity index (χ4n) is 0.678. The van der Waals surface area contributed by atoms with E-state index in [1.807, 2.05) is 30.3 Å². The fourth-order valence-corrected chi connectivity index (χ4v) is 1.33. The average Bonchev–Trinajstić information content (AvgIpc) is 2.05. The molecule has 1 aromatic carbocycles. The molecule has 0 radical (unpaired) electrons. The number of hydrogen-bond acceptors (Lipinski definition) is 1. The van der Waals surface area contributed by atoms with Gasteiger partial charge in [-0.3, -0.25) is 0 Å². The maximum absolute atomic E-state index is 10.6. The molecule has 2 heteroatoms. The minimum atomic E-state index is -0.171. The molecule has 60 valence electrons. The summed E-state index contributed by atoms with van der Waals surface area (Å²) in [6.45, 7) is 1.57. The van der Waals surface area contributed by atoms with E-state index in [0.29, 0.717) is 0 Å². The molecular formula is C10H8OSe. The van der Waals surface area contributed by atoms with Crippen LogP contribution in [0.3, 0.4) is 0 Å². The van der Waals surface area contributed by atoms with Gasteiger partial charge < -0.3 is 0 Å². The van der Waals surface area contributed by atoms with E-state index in [2.05, 4.69) is 10.7 Å². The molecule has 0 spiro atoms. The number of rotatable bonds is 1. The van der Waals surface area contributed by atoms with Crippen LogP contribution in [0.1, 0.15) is 12.5 Å². The zero-order valence-corrected chi connectivity index (χ0v) is 8.42. The zero-order valence-electron chi connectivity index (χ0n) is 6.70. The van der Waals surface area contributed by atoms with Crippen molar-refractivity contribution < 1.29 is 4.79 Å². The van der Waals surface area contributed by atoms with Gasteiger partial charge in [-0.2, -0.15) is 0 Å². The van der Waals surface area contributed by atoms with Gasteiger partial charge >= 0.3 is 78.0 Å². The van der Waals surface area contributed by atoms with Crippen LogP contribution < -0.4 is 0 Å². The molecule has 0 unspecified atom stereocenters. The normalized spacial score (nSPS) is 8.42. The van der Waals surface area contributed by atoms with E-state index in [1.165, 1.54) is 0 Å². The summed E-state index contributed by atoms with van der Waals surface area (Å²) in [4.78, 5) is 13.4. The van der Waals surface area contributed by atoms with Crippen molar-refractivity contribution in [2.75, 3.05) is 0 Å². The quantitative estimate of drug-likeness (QED) is 0.517. The van der Waals surface area contributed by atoms with Crippen LogP contribution in [0.2, 0.25) is 0 Å². The van der Waals surface area contributed by atoms with Crippen LogP contribution in [0, 0.1) is 10.7 Å². The van der Waals surface area contributed by atoms with Crippen molar-refractivity contribution in [2.24, 2.45) is 0 Å². The summed E-state index contributed by atoms with van der Waals surface area (Å²) >= 11 is -0.171. The first-order valence-electron chi connectivity index (χ1n) is 3.52. The second kappa shape index (κ2) is 4.77. The van der Waals surface area contributed by atoms with Gasteiger partial charge in [0, 0.05) is 0 Å². The first kappa shape index (κ1) is 9.06. The van der Waals surface area contributed by atoms with Crippen molar-refractivity contribution in [3.05, 3.63) is 35.9 Å². The summed E-state index contributed by atoms with van der Waals surface area (Å²) < 4.78 is 0.172. The molecular weight excluding hydrogens is 215 g/mol. The molecule has 0 bridgehead atoms. The van der Waals surface area contributed by atoms with Gasteiger partial charge in [-0.15, -0.1) is 0 Å². The van der Waals surface area contributed by atoms with Crippen LogP contribution in [-0.2, 0) is 4.79 Å². The maximum atomic E-state index is 10.6. The van der Waals surface area contributed by atoms with Crippen molar-refractivity contribution in [3.63, 3.8) is 0 Å². The van der Waals surface area contributed by atoms with E-state index in [9.17, 15) is 4.79 Å². The molecule has 0 saturated carbocycles. The van der Waals surface area contributed by atoms with Gasteiger partial charge in [-0.25, -0.2) is 0 Å². The van der Waals surface area contributed by atoms with E-state index >= 15 is 0 Å². The van der Waals surface area contributed by atoms with Crippen molar-refractivity contribution in [2.45, 2.75) is 6.92 Å². The number of benzene rings is 1. The second-order valence-electron chi connectivity index (χ2n) is 2.19. The average molecular weight is 223 g/mol. The van der Waals surface area contributed by atoms with Crippen molar-refractivity contribution in [1.82, 2.24) is 0 Å². The van der Waals surface area contributed by atoms with Crippen molar-refractivity contribution in [1.29, 1.82) is 0 Å². The third kappa shape index (κ3) is 3.39. The molecule has 0 aliphatic carbocycles. The van der Waals surface area contributed by atoms with E-state index in [1.54, 1.807) is 6.92 Å². The van der Waals surface area contributed by atoms with Crippen molar-refractivity contribution >= 4 is 19.6 Å². The van der Waals surface area contributed by atoms with Crippen LogP contribution in [0.5, 0.6) is 0 Å². The van der Waals surface area contributed by atoms with E-state index in [4.69, 9.17) is 0 Å². The van der Waals surface area contributed by atoms with Crippen LogP contribution in [0.4, 0.5) is 0 Å². The molecule has 0 aliphatic rings. The first-order chi connectivity index (χ1) is 5.79. The topological polar surface area (TPSA) is 17.1 Å². The van der Waals surface area contributed by atoms with Gasteiger partial charge in [0.15, 0.2) is 0 Å². The second-order valence-corrected chi connectivity index (χ2v) is 4.25. The molecule has 0 aliphatic heterocycles. The van der Waals surface area contributed by atoms with Gasteiger partial charge in [-0.05, 0) is 0 Å². The summed E-state index contributed by atoms with van der Waals surface area (Å²) in [5, 5.41) is 0. The summed E-state index contributed by atoms with van der Waals surface area (Å²) in [7, 11) is 0. The Morgan fingerprint density at radius 2 is 2.00 bits per heavy atom. The molecule has 0 amide bonds. The van der Waals surface area contributed by atoms with E-state index in [0.717, 1.165) is 5.56 Å². The fraction of sp³-hybridized carbons (Fsp3) is 0.100. The van der Waals surface area contributed by atoms with Gasteiger partial charge in [0.2, 0.25) is 0 Å². The third-order valence-corrected chi connectivity index (χ3v) is 2.20. The molecule has 1 nitrogen and oxygen atoms in total. The molecule has 0 aromatic heterocycles. The monoisotopic (exact) mass is 224 g/mol. The Balaban J connectivity index is 2.61.